The number of rotatable bonds is 4. The Kier molecular flexibility index (Phi) is 3.87. The number of ether oxygens (including phenoxy) is 2. The van der Waals surface area contributed by atoms with Crippen LogP contribution >= 0.6 is 0 Å². The first-order valence-electron chi connectivity index (χ1n) is 8.19. The van der Waals surface area contributed by atoms with Crippen LogP contribution in [0, 0.1) is 5.92 Å². The second kappa shape index (κ2) is 6.16. The predicted octanol–water partition coefficient (Wildman–Crippen LogP) is 2.63. The summed E-state index contributed by atoms with van der Waals surface area (Å²) in [5.74, 6) is 2.13. The molecule has 2 bridgehead atoms. The van der Waals surface area contributed by atoms with Crippen LogP contribution in [0.5, 0.6) is 11.6 Å². The van der Waals surface area contributed by atoms with Crippen LogP contribution in [0.25, 0.3) is 11.3 Å². The molecule has 4 heterocycles. The summed E-state index contributed by atoms with van der Waals surface area (Å²) in [7, 11) is 1.66. The van der Waals surface area contributed by atoms with Crippen molar-refractivity contribution in [3.8, 4) is 22.9 Å². The minimum Gasteiger partial charge on any atom is -0.497 e. The van der Waals surface area contributed by atoms with E-state index >= 15 is 0 Å². The van der Waals surface area contributed by atoms with Gasteiger partial charge in [-0.05, 0) is 62.2 Å². The number of aromatic nitrogens is 2. The van der Waals surface area contributed by atoms with Gasteiger partial charge in [-0.25, -0.2) is 0 Å². The minimum absolute atomic E-state index is 0.263. The zero-order valence-corrected chi connectivity index (χ0v) is 13.3. The fourth-order valence-electron chi connectivity index (χ4n) is 3.50. The van der Waals surface area contributed by atoms with Crippen molar-refractivity contribution in [3.63, 3.8) is 0 Å². The number of hydrogen-bond acceptors (Lipinski definition) is 5. The lowest BCUT2D eigenvalue weighted by Gasteiger charge is -2.44. The first-order valence-corrected chi connectivity index (χ1v) is 8.19. The van der Waals surface area contributed by atoms with Gasteiger partial charge in [-0.2, -0.15) is 0 Å². The minimum atomic E-state index is 0.263. The second-order valence-corrected chi connectivity index (χ2v) is 6.28. The van der Waals surface area contributed by atoms with Crippen LogP contribution in [-0.2, 0) is 0 Å². The summed E-state index contributed by atoms with van der Waals surface area (Å²) >= 11 is 0. The Hall–Kier alpha value is -2.14. The highest BCUT2D eigenvalue weighted by Crippen LogP contribution is 2.30. The molecule has 3 aliphatic rings. The maximum Gasteiger partial charge on any atom is 0.233 e. The molecule has 120 valence electrons. The monoisotopic (exact) mass is 311 g/mol. The molecule has 3 fully saturated rings. The SMILES string of the molecule is COc1ccc(-c2ccc(O[C@H]3CN4CCC3CC4)nn2)cc1. The molecule has 0 spiro atoms. The van der Waals surface area contributed by atoms with Gasteiger partial charge in [0.05, 0.1) is 12.8 Å². The highest BCUT2D eigenvalue weighted by Gasteiger charge is 2.35. The third kappa shape index (κ3) is 3.01. The lowest BCUT2D eigenvalue weighted by atomic mass is 9.86. The average Bonchev–Trinajstić information content (AvgIpc) is 2.63. The Bertz CT molecular complexity index is 649. The molecule has 23 heavy (non-hydrogen) atoms. The van der Waals surface area contributed by atoms with Crippen molar-refractivity contribution in [3.05, 3.63) is 36.4 Å². The van der Waals surface area contributed by atoms with E-state index in [0.717, 1.165) is 23.6 Å². The standard InChI is InChI=1S/C18H21N3O2/c1-22-15-4-2-13(3-5-15)16-6-7-18(20-19-16)23-17-12-21-10-8-14(17)9-11-21/h2-7,14,17H,8-12H2,1H3/t17-/m0/s1. The Morgan fingerprint density at radius 3 is 2.35 bits per heavy atom. The van der Waals surface area contributed by atoms with Crippen LogP contribution in [0.3, 0.4) is 0 Å². The van der Waals surface area contributed by atoms with E-state index in [1.165, 1.54) is 25.9 Å². The lowest BCUT2D eigenvalue weighted by molar-refractivity contribution is -0.0103. The maximum absolute atomic E-state index is 6.08. The predicted molar refractivity (Wildman–Crippen MR) is 87.6 cm³/mol. The van der Waals surface area contributed by atoms with Crippen LogP contribution in [0.15, 0.2) is 36.4 Å². The van der Waals surface area contributed by atoms with Gasteiger partial charge in [0.15, 0.2) is 0 Å². The van der Waals surface area contributed by atoms with E-state index in [1.54, 1.807) is 7.11 Å². The molecule has 0 amide bonds. The first kappa shape index (κ1) is 14.5. The molecule has 0 unspecified atom stereocenters. The van der Waals surface area contributed by atoms with Crippen LogP contribution in [-0.4, -0.2) is 47.9 Å². The fourth-order valence-corrected chi connectivity index (χ4v) is 3.50. The highest BCUT2D eigenvalue weighted by molar-refractivity contribution is 5.59. The van der Waals surface area contributed by atoms with Gasteiger partial charge in [0.2, 0.25) is 5.88 Å². The van der Waals surface area contributed by atoms with E-state index in [4.69, 9.17) is 9.47 Å². The van der Waals surface area contributed by atoms with E-state index in [1.807, 2.05) is 36.4 Å². The Morgan fingerprint density at radius 2 is 1.78 bits per heavy atom. The third-order valence-electron chi connectivity index (χ3n) is 4.89. The van der Waals surface area contributed by atoms with Crippen molar-refractivity contribution >= 4 is 0 Å². The van der Waals surface area contributed by atoms with Gasteiger partial charge in [-0.15, -0.1) is 10.2 Å². The summed E-state index contributed by atoms with van der Waals surface area (Å²) in [5, 5.41) is 8.56. The maximum atomic E-state index is 6.08. The van der Waals surface area contributed by atoms with E-state index < -0.39 is 0 Å². The summed E-state index contributed by atoms with van der Waals surface area (Å²) in [4.78, 5) is 2.48. The molecule has 1 aromatic heterocycles. The number of nitrogens with zero attached hydrogens (tertiary/aromatic N) is 3. The summed E-state index contributed by atoms with van der Waals surface area (Å²) in [6.45, 7) is 3.45. The molecule has 3 saturated heterocycles. The van der Waals surface area contributed by atoms with Crippen LogP contribution < -0.4 is 9.47 Å². The number of piperidine rings is 3. The molecule has 0 aliphatic carbocycles. The average molecular weight is 311 g/mol. The van der Waals surface area contributed by atoms with Gasteiger partial charge in [0, 0.05) is 18.2 Å². The Balaban J connectivity index is 1.45. The zero-order chi connectivity index (χ0) is 15.6. The van der Waals surface area contributed by atoms with Crippen LogP contribution in [0.4, 0.5) is 0 Å². The molecule has 3 aliphatic heterocycles. The molecule has 5 nitrogen and oxygen atoms in total. The van der Waals surface area contributed by atoms with Crippen molar-refractivity contribution in [2.45, 2.75) is 18.9 Å². The summed E-state index contributed by atoms with van der Waals surface area (Å²) < 4.78 is 11.3. The van der Waals surface area contributed by atoms with E-state index in [-0.39, 0.29) is 6.10 Å². The van der Waals surface area contributed by atoms with Crippen molar-refractivity contribution in [2.75, 3.05) is 26.7 Å². The van der Waals surface area contributed by atoms with Crippen molar-refractivity contribution in [1.29, 1.82) is 0 Å². The van der Waals surface area contributed by atoms with Crippen LogP contribution in [0.2, 0.25) is 0 Å². The summed E-state index contributed by atoms with van der Waals surface area (Å²) in [6.07, 6.45) is 2.74. The number of fused-ring (bicyclic) bond motifs is 3. The smallest absolute Gasteiger partial charge is 0.233 e. The second-order valence-electron chi connectivity index (χ2n) is 6.28. The van der Waals surface area contributed by atoms with Crippen molar-refractivity contribution < 1.29 is 9.47 Å². The van der Waals surface area contributed by atoms with Crippen molar-refractivity contribution in [2.24, 2.45) is 5.92 Å². The largest absolute Gasteiger partial charge is 0.497 e. The fraction of sp³-hybridized carbons (Fsp3) is 0.444. The summed E-state index contributed by atoms with van der Waals surface area (Å²) in [6, 6.07) is 11.7. The molecule has 2 aromatic rings. The molecule has 5 rings (SSSR count). The molecule has 0 N–H and O–H groups in total. The number of benzene rings is 1. The molecular weight excluding hydrogens is 290 g/mol. The van der Waals surface area contributed by atoms with E-state index in [0.29, 0.717) is 11.8 Å². The van der Waals surface area contributed by atoms with Gasteiger partial charge < -0.3 is 9.47 Å². The number of methoxy groups -OCH3 is 1. The van der Waals surface area contributed by atoms with Gasteiger partial charge >= 0.3 is 0 Å². The molecule has 1 aromatic carbocycles. The van der Waals surface area contributed by atoms with E-state index in [9.17, 15) is 0 Å². The Labute approximate surface area is 136 Å². The van der Waals surface area contributed by atoms with Gasteiger partial charge in [0.25, 0.3) is 0 Å². The van der Waals surface area contributed by atoms with Gasteiger partial charge in [-0.1, -0.05) is 0 Å². The molecule has 0 radical (unpaired) electrons. The molecule has 0 saturated carbocycles. The first-order chi connectivity index (χ1) is 11.3. The summed E-state index contributed by atoms with van der Waals surface area (Å²) in [5.41, 5.74) is 1.86. The molecule has 5 heteroatoms. The highest BCUT2D eigenvalue weighted by atomic mass is 16.5. The quantitative estimate of drug-likeness (QED) is 0.868. The third-order valence-corrected chi connectivity index (χ3v) is 4.89. The molecular formula is C18H21N3O2. The Morgan fingerprint density at radius 1 is 1.00 bits per heavy atom. The van der Waals surface area contributed by atoms with Crippen LogP contribution in [0.1, 0.15) is 12.8 Å². The zero-order valence-electron chi connectivity index (χ0n) is 13.3. The molecule has 1 atom stereocenters. The topological polar surface area (TPSA) is 47.5 Å². The normalized spacial score (nSPS) is 26.0. The van der Waals surface area contributed by atoms with Crippen molar-refractivity contribution in [1.82, 2.24) is 15.1 Å². The van der Waals surface area contributed by atoms with Gasteiger partial charge in [-0.3, -0.25) is 4.90 Å². The van der Waals surface area contributed by atoms with E-state index in [2.05, 4.69) is 15.1 Å². The number of hydrogen-bond donors (Lipinski definition) is 0. The van der Waals surface area contributed by atoms with Gasteiger partial charge in [0.1, 0.15) is 11.9 Å². The lowest BCUT2D eigenvalue weighted by Crippen LogP contribution is -2.52.